The number of carbonyl (C=O) groups is 1. The molecule has 0 radical (unpaired) electrons. The Morgan fingerprint density at radius 2 is 1.95 bits per heavy atom. The minimum absolute atomic E-state index is 0.222. The predicted octanol–water partition coefficient (Wildman–Crippen LogP) is 2.88. The number of hydrogen-bond donors (Lipinski definition) is 1. The van der Waals surface area contributed by atoms with Crippen LogP contribution >= 0.6 is 0 Å². The number of hydrogen-bond acceptors (Lipinski definition) is 4. The first kappa shape index (κ1) is 16.8. The molecule has 0 saturated carbocycles. The highest BCUT2D eigenvalue weighted by molar-refractivity contribution is 5.54. The fraction of sp³-hybridized carbons (Fsp3) is 0.611. The normalized spacial score (nSPS) is 24.0. The SMILES string of the molecule is COc1cc2c(cc1OC)[C@@](CCC=O)(C(C)C)[C@@H](O)CC2. The zero-order chi connectivity index (χ0) is 16.3. The number of ether oxygens (including phenoxy) is 2. The van der Waals surface area contributed by atoms with E-state index in [9.17, 15) is 9.90 Å². The molecule has 0 spiro atoms. The van der Waals surface area contributed by atoms with Crippen molar-refractivity contribution in [1.29, 1.82) is 0 Å². The molecule has 2 atom stereocenters. The van der Waals surface area contributed by atoms with E-state index in [0.29, 0.717) is 30.8 Å². The molecule has 1 aromatic rings. The van der Waals surface area contributed by atoms with Crippen LogP contribution in [0.25, 0.3) is 0 Å². The van der Waals surface area contributed by atoms with Gasteiger partial charge in [0.15, 0.2) is 11.5 Å². The van der Waals surface area contributed by atoms with Gasteiger partial charge in [0, 0.05) is 11.8 Å². The number of methoxy groups -OCH3 is 2. The molecule has 1 aliphatic carbocycles. The van der Waals surface area contributed by atoms with E-state index in [1.54, 1.807) is 14.2 Å². The summed E-state index contributed by atoms with van der Waals surface area (Å²) in [5.41, 5.74) is 1.87. The van der Waals surface area contributed by atoms with Crippen molar-refractivity contribution in [3.8, 4) is 11.5 Å². The van der Waals surface area contributed by atoms with Gasteiger partial charge < -0.3 is 19.4 Å². The van der Waals surface area contributed by atoms with Crippen molar-refractivity contribution >= 4 is 6.29 Å². The van der Waals surface area contributed by atoms with Crippen molar-refractivity contribution < 1.29 is 19.4 Å². The van der Waals surface area contributed by atoms with Crippen LogP contribution in [-0.2, 0) is 16.6 Å². The fourth-order valence-corrected chi connectivity index (χ4v) is 3.87. The summed E-state index contributed by atoms with van der Waals surface area (Å²) in [6, 6.07) is 4.00. The summed E-state index contributed by atoms with van der Waals surface area (Å²) >= 11 is 0. The minimum atomic E-state index is -0.446. The quantitative estimate of drug-likeness (QED) is 0.821. The molecule has 0 bridgehead atoms. The zero-order valence-corrected chi connectivity index (χ0v) is 13.9. The number of benzene rings is 1. The van der Waals surface area contributed by atoms with Crippen molar-refractivity contribution in [3.63, 3.8) is 0 Å². The van der Waals surface area contributed by atoms with Gasteiger partial charge in [0.25, 0.3) is 0 Å². The summed E-state index contributed by atoms with van der Waals surface area (Å²) in [4.78, 5) is 10.9. The molecule has 122 valence electrons. The van der Waals surface area contributed by atoms with Crippen LogP contribution in [0, 0.1) is 5.92 Å². The van der Waals surface area contributed by atoms with Gasteiger partial charge in [0.1, 0.15) is 6.29 Å². The molecule has 1 aromatic carbocycles. The van der Waals surface area contributed by atoms with Crippen LogP contribution in [0.4, 0.5) is 0 Å². The molecular formula is C18H26O4. The van der Waals surface area contributed by atoms with Crippen LogP contribution in [0.2, 0.25) is 0 Å². The van der Waals surface area contributed by atoms with E-state index < -0.39 is 11.5 Å². The molecule has 0 aliphatic heterocycles. The average Bonchev–Trinajstić information content (AvgIpc) is 2.52. The lowest BCUT2D eigenvalue weighted by Gasteiger charge is -2.46. The highest BCUT2D eigenvalue weighted by Crippen LogP contribution is 2.49. The van der Waals surface area contributed by atoms with E-state index in [1.165, 1.54) is 5.56 Å². The summed E-state index contributed by atoms with van der Waals surface area (Å²) in [5.74, 6) is 1.61. The maximum Gasteiger partial charge on any atom is 0.161 e. The lowest BCUT2D eigenvalue weighted by Crippen LogP contribution is -2.47. The summed E-state index contributed by atoms with van der Waals surface area (Å²) in [6.45, 7) is 4.22. The van der Waals surface area contributed by atoms with Gasteiger partial charge in [0.05, 0.1) is 20.3 Å². The Labute approximate surface area is 132 Å². The molecule has 4 nitrogen and oxygen atoms in total. The predicted molar refractivity (Wildman–Crippen MR) is 85.7 cm³/mol. The Kier molecular flexibility index (Phi) is 5.12. The Balaban J connectivity index is 2.63. The molecule has 0 heterocycles. The molecular weight excluding hydrogens is 280 g/mol. The largest absolute Gasteiger partial charge is 0.493 e. The molecule has 0 fully saturated rings. The first-order valence-electron chi connectivity index (χ1n) is 7.88. The van der Waals surface area contributed by atoms with Crippen molar-refractivity contribution in [2.24, 2.45) is 5.92 Å². The summed E-state index contributed by atoms with van der Waals surface area (Å²) in [5, 5.41) is 10.8. The van der Waals surface area contributed by atoms with E-state index in [0.717, 1.165) is 18.3 Å². The lowest BCUT2D eigenvalue weighted by atomic mass is 9.60. The zero-order valence-electron chi connectivity index (χ0n) is 13.9. The van der Waals surface area contributed by atoms with Crippen molar-refractivity contribution in [1.82, 2.24) is 0 Å². The first-order valence-corrected chi connectivity index (χ1v) is 7.88. The number of aliphatic hydroxyl groups excluding tert-OH is 1. The van der Waals surface area contributed by atoms with Gasteiger partial charge in [-0.05, 0) is 48.4 Å². The van der Waals surface area contributed by atoms with E-state index in [2.05, 4.69) is 13.8 Å². The van der Waals surface area contributed by atoms with Gasteiger partial charge >= 0.3 is 0 Å². The second-order valence-electron chi connectivity index (χ2n) is 6.32. The van der Waals surface area contributed by atoms with Crippen LogP contribution in [0.1, 0.15) is 44.2 Å². The third kappa shape index (κ3) is 2.60. The second kappa shape index (κ2) is 6.69. The molecule has 1 N–H and O–H groups in total. The lowest BCUT2D eigenvalue weighted by molar-refractivity contribution is -0.108. The topological polar surface area (TPSA) is 55.8 Å². The van der Waals surface area contributed by atoms with Crippen molar-refractivity contribution in [2.75, 3.05) is 14.2 Å². The monoisotopic (exact) mass is 306 g/mol. The number of rotatable bonds is 6. The van der Waals surface area contributed by atoms with Gasteiger partial charge in [-0.25, -0.2) is 0 Å². The van der Waals surface area contributed by atoms with Crippen LogP contribution < -0.4 is 9.47 Å². The third-order valence-corrected chi connectivity index (χ3v) is 5.10. The molecule has 22 heavy (non-hydrogen) atoms. The Morgan fingerprint density at radius 1 is 1.32 bits per heavy atom. The van der Waals surface area contributed by atoms with Gasteiger partial charge in [-0.3, -0.25) is 0 Å². The average molecular weight is 306 g/mol. The summed E-state index contributed by atoms with van der Waals surface area (Å²) in [7, 11) is 3.25. The van der Waals surface area contributed by atoms with Gasteiger partial charge in [-0.15, -0.1) is 0 Å². The third-order valence-electron chi connectivity index (χ3n) is 5.10. The smallest absolute Gasteiger partial charge is 0.161 e. The van der Waals surface area contributed by atoms with E-state index in [4.69, 9.17) is 9.47 Å². The van der Waals surface area contributed by atoms with Crippen LogP contribution in [0.3, 0.4) is 0 Å². The van der Waals surface area contributed by atoms with Gasteiger partial charge in [0.2, 0.25) is 0 Å². The Hall–Kier alpha value is -1.55. The number of carbonyl (C=O) groups excluding carboxylic acids is 1. The Bertz CT molecular complexity index is 538. The number of fused-ring (bicyclic) bond motifs is 1. The van der Waals surface area contributed by atoms with E-state index >= 15 is 0 Å². The van der Waals surface area contributed by atoms with Gasteiger partial charge in [-0.2, -0.15) is 0 Å². The van der Waals surface area contributed by atoms with Crippen molar-refractivity contribution in [3.05, 3.63) is 23.3 Å². The van der Waals surface area contributed by atoms with E-state index in [1.807, 2.05) is 12.1 Å². The van der Waals surface area contributed by atoms with E-state index in [-0.39, 0.29) is 5.92 Å². The van der Waals surface area contributed by atoms with Gasteiger partial charge in [-0.1, -0.05) is 13.8 Å². The molecule has 2 rings (SSSR count). The van der Waals surface area contributed by atoms with Crippen LogP contribution in [0.5, 0.6) is 11.5 Å². The fourth-order valence-electron chi connectivity index (χ4n) is 3.87. The molecule has 0 amide bonds. The minimum Gasteiger partial charge on any atom is -0.493 e. The molecule has 1 aliphatic rings. The number of aldehydes is 1. The van der Waals surface area contributed by atoms with Crippen molar-refractivity contribution in [2.45, 2.75) is 51.0 Å². The summed E-state index contributed by atoms with van der Waals surface area (Å²) < 4.78 is 10.8. The maximum absolute atomic E-state index is 10.9. The highest BCUT2D eigenvalue weighted by atomic mass is 16.5. The highest BCUT2D eigenvalue weighted by Gasteiger charge is 2.46. The second-order valence-corrected chi connectivity index (χ2v) is 6.32. The maximum atomic E-state index is 10.9. The first-order chi connectivity index (χ1) is 10.5. The van der Waals surface area contributed by atoms with Crippen LogP contribution in [-0.4, -0.2) is 31.7 Å². The molecule has 0 unspecified atom stereocenters. The summed E-state index contributed by atoms with van der Waals surface area (Å²) in [6.07, 6.45) is 3.11. The van der Waals surface area contributed by atoms with Crippen LogP contribution in [0.15, 0.2) is 12.1 Å². The standard InChI is InChI=1S/C18H26O4/c1-12(2)18(8-5-9-19)14-11-16(22-4)15(21-3)10-13(14)6-7-17(18)20/h9-12,17,20H,5-8H2,1-4H3/t17-,18+/m0/s1. The number of aryl methyl sites for hydroxylation is 1. The number of aliphatic hydroxyl groups is 1. The molecule has 0 saturated heterocycles. The molecule has 4 heteroatoms. The Morgan fingerprint density at radius 3 is 2.50 bits per heavy atom. The molecule has 0 aromatic heterocycles.